The van der Waals surface area contributed by atoms with Gasteiger partial charge in [-0.3, -0.25) is 4.79 Å². The quantitative estimate of drug-likeness (QED) is 0.542. The lowest BCUT2D eigenvalue weighted by Crippen LogP contribution is -2.29. The second-order valence-electron chi connectivity index (χ2n) is 3.37. The summed E-state index contributed by atoms with van der Waals surface area (Å²) in [5.74, 6) is 0.0391. The minimum absolute atomic E-state index is 0.0391. The number of nitrogens with one attached hydrogen (secondary N) is 1. The minimum atomic E-state index is -0.218. The number of amides is 1. The molecule has 0 rings (SSSR count). The highest BCUT2D eigenvalue weighted by molar-refractivity contribution is 5.75. The second kappa shape index (κ2) is 10.9. The van der Waals surface area contributed by atoms with Gasteiger partial charge in [0.1, 0.15) is 0 Å². The van der Waals surface area contributed by atoms with Crippen molar-refractivity contribution in [3.63, 3.8) is 0 Å². The molecule has 0 aliphatic rings. The van der Waals surface area contributed by atoms with Gasteiger partial charge in [-0.05, 0) is 26.8 Å². The maximum Gasteiger partial charge on any atom is 0.220 e. The minimum Gasteiger partial charge on any atom is -0.356 e. The zero-order valence-electron chi connectivity index (χ0n) is 10.3. The highest BCUT2D eigenvalue weighted by atomic mass is 16.7. The van der Waals surface area contributed by atoms with Crippen molar-refractivity contribution in [1.29, 1.82) is 0 Å². The molecule has 0 fully saturated rings. The molecule has 0 heterocycles. The number of hydrogen-bond acceptors (Lipinski definition) is 4. The van der Waals surface area contributed by atoms with E-state index in [2.05, 4.69) is 5.32 Å². The first-order valence-electron chi connectivity index (χ1n) is 5.94. The molecule has 0 bridgehead atoms. The number of rotatable bonds is 10. The molecular formula is C11H24N2O3. The van der Waals surface area contributed by atoms with E-state index in [1.54, 1.807) is 0 Å². The predicted molar refractivity (Wildman–Crippen MR) is 63.0 cm³/mol. The third kappa shape index (κ3) is 8.64. The summed E-state index contributed by atoms with van der Waals surface area (Å²) in [6.07, 6.45) is 1.68. The third-order valence-electron chi connectivity index (χ3n) is 2.02. The fraction of sp³-hybridized carbons (Fsp3) is 0.909. The summed E-state index contributed by atoms with van der Waals surface area (Å²) in [4.78, 5) is 11.3. The van der Waals surface area contributed by atoms with Gasteiger partial charge in [-0.2, -0.15) is 0 Å². The zero-order chi connectivity index (χ0) is 12.2. The number of hydrogen-bond donors (Lipinski definition) is 2. The van der Waals surface area contributed by atoms with E-state index in [1.807, 2.05) is 13.8 Å². The van der Waals surface area contributed by atoms with Gasteiger partial charge in [0.25, 0.3) is 0 Å². The molecule has 0 saturated heterocycles. The van der Waals surface area contributed by atoms with Crippen LogP contribution in [-0.2, 0) is 14.3 Å². The molecule has 96 valence electrons. The number of carbonyl (C=O) groups is 1. The van der Waals surface area contributed by atoms with Crippen LogP contribution in [-0.4, -0.2) is 38.5 Å². The van der Waals surface area contributed by atoms with E-state index in [0.29, 0.717) is 39.1 Å². The van der Waals surface area contributed by atoms with Crippen LogP contribution in [0, 0.1) is 0 Å². The van der Waals surface area contributed by atoms with E-state index in [4.69, 9.17) is 15.2 Å². The van der Waals surface area contributed by atoms with E-state index in [-0.39, 0.29) is 12.2 Å². The molecule has 0 aromatic heterocycles. The van der Waals surface area contributed by atoms with Crippen LogP contribution in [0.2, 0.25) is 0 Å². The van der Waals surface area contributed by atoms with Gasteiger partial charge in [0, 0.05) is 32.6 Å². The molecule has 0 aliphatic carbocycles. The monoisotopic (exact) mass is 232 g/mol. The van der Waals surface area contributed by atoms with Crippen LogP contribution in [0.15, 0.2) is 0 Å². The SMILES string of the molecule is CCOC(CCNC(=O)CCCN)OCC. The highest BCUT2D eigenvalue weighted by Crippen LogP contribution is 2.00. The summed E-state index contributed by atoms with van der Waals surface area (Å²) in [6.45, 7) is 6.21. The summed E-state index contributed by atoms with van der Waals surface area (Å²) in [7, 11) is 0. The molecule has 0 aromatic rings. The summed E-state index contributed by atoms with van der Waals surface area (Å²) in [5, 5.41) is 2.81. The van der Waals surface area contributed by atoms with Gasteiger partial charge < -0.3 is 20.5 Å². The molecule has 0 saturated carbocycles. The Bertz CT molecular complexity index is 171. The van der Waals surface area contributed by atoms with Crippen molar-refractivity contribution in [2.45, 2.75) is 39.4 Å². The van der Waals surface area contributed by atoms with E-state index in [9.17, 15) is 4.79 Å². The predicted octanol–water partition coefficient (Wildman–Crippen LogP) is 0.631. The van der Waals surface area contributed by atoms with Crippen molar-refractivity contribution in [3.8, 4) is 0 Å². The smallest absolute Gasteiger partial charge is 0.220 e. The molecule has 3 N–H and O–H groups in total. The lowest BCUT2D eigenvalue weighted by Gasteiger charge is -2.16. The molecule has 0 unspecified atom stereocenters. The van der Waals surface area contributed by atoms with Gasteiger partial charge in [-0.1, -0.05) is 0 Å². The molecule has 0 atom stereocenters. The molecule has 0 aromatic carbocycles. The van der Waals surface area contributed by atoms with Crippen molar-refractivity contribution in [1.82, 2.24) is 5.32 Å². The van der Waals surface area contributed by atoms with Crippen LogP contribution in [0.4, 0.5) is 0 Å². The van der Waals surface area contributed by atoms with Gasteiger partial charge in [0.2, 0.25) is 5.91 Å². The first-order chi connectivity index (χ1) is 7.74. The largest absolute Gasteiger partial charge is 0.356 e. The van der Waals surface area contributed by atoms with Gasteiger partial charge in [-0.15, -0.1) is 0 Å². The standard InChI is InChI=1S/C11H24N2O3/c1-3-15-11(16-4-2)7-9-13-10(14)6-5-8-12/h11H,3-9,12H2,1-2H3,(H,13,14). The lowest BCUT2D eigenvalue weighted by atomic mass is 10.3. The van der Waals surface area contributed by atoms with Crippen molar-refractivity contribution in [2.24, 2.45) is 5.73 Å². The molecule has 0 aliphatic heterocycles. The molecule has 0 spiro atoms. The van der Waals surface area contributed by atoms with E-state index in [0.717, 1.165) is 6.42 Å². The summed E-state index contributed by atoms with van der Waals surface area (Å²) in [6, 6.07) is 0. The second-order valence-corrected chi connectivity index (χ2v) is 3.37. The van der Waals surface area contributed by atoms with Crippen molar-refractivity contribution < 1.29 is 14.3 Å². The van der Waals surface area contributed by atoms with E-state index < -0.39 is 0 Å². The van der Waals surface area contributed by atoms with Gasteiger partial charge in [-0.25, -0.2) is 0 Å². The molecule has 5 nitrogen and oxygen atoms in total. The van der Waals surface area contributed by atoms with Crippen LogP contribution in [0.25, 0.3) is 0 Å². The van der Waals surface area contributed by atoms with Crippen LogP contribution in [0.5, 0.6) is 0 Å². The third-order valence-corrected chi connectivity index (χ3v) is 2.02. The molecule has 0 radical (unpaired) electrons. The number of carbonyl (C=O) groups excluding carboxylic acids is 1. The Morgan fingerprint density at radius 1 is 1.31 bits per heavy atom. The molecular weight excluding hydrogens is 208 g/mol. The van der Waals surface area contributed by atoms with Gasteiger partial charge in [0.15, 0.2) is 6.29 Å². The maximum absolute atomic E-state index is 11.3. The van der Waals surface area contributed by atoms with Crippen LogP contribution in [0.3, 0.4) is 0 Å². The van der Waals surface area contributed by atoms with Gasteiger partial charge >= 0.3 is 0 Å². The van der Waals surface area contributed by atoms with Crippen molar-refractivity contribution >= 4 is 5.91 Å². The average Bonchev–Trinajstić information content (AvgIpc) is 2.27. The Labute approximate surface area is 97.7 Å². The zero-order valence-corrected chi connectivity index (χ0v) is 10.3. The first kappa shape index (κ1) is 15.3. The highest BCUT2D eigenvalue weighted by Gasteiger charge is 2.08. The van der Waals surface area contributed by atoms with E-state index in [1.165, 1.54) is 0 Å². The summed E-state index contributed by atoms with van der Waals surface area (Å²) in [5.41, 5.74) is 5.31. The van der Waals surface area contributed by atoms with Crippen LogP contribution >= 0.6 is 0 Å². The Kier molecular flexibility index (Phi) is 10.4. The van der Waals surface area contributed by atoms with Crippen molar-refractivity contribution in [2.75, 3.05) is 26.3 Å². The molecule has 5 heteroatoms. The summed E-state index contributed by atoms with van der Waals surface area (Å²) < 4.78 is 10.7. The summed E-state index contributed by atoms with van der Waals surface area (Å²) >= 11 is 0. The number of nitrogens with two attached hydrogens (primary N) is 1. The van der Waals surface area contributed by atoms with Gasteiger partial charge in [0.05, 0.1) is 0 Å². The Morgan fingerprint density at radius 2 is 1.94 bits per heavy atom. The van der Waals surface area contributed by atoms with E-state index >= 15 is 0 Å². The lowest BCUT2D eigenvalue weighted by molar-refractivity contribution is -0.139. The van der Waals surface area contributed by atoms with Crippen LogP contribution in [0.1, 0.15) is 33.1 Å². The first-order valence-corrected chi connectivity index (χ1v) is 5.94. The fourth-order valence-corrected chi connectivity index (χ4v) is 1.27. The van der Waals surface area contributed by atoms with Crippen LogP contribution < -0.4 is 11.1 Å². The average molecular weight is 232 g/mol. The molecule has 1 amide bonds. The Morgan fingerprint density at radius 3 is 2.44 bits per heavy atom. The fourth-order valence-electron chi connectivity index (χ4n) is 1.27. The topological polar surface area (TPSA) is 73.6 Å². The molecule has 16 heavy (non-hydrogen) atoms. The Hall–Kier alpha value is -0.650. The Balaban J connectivity index is 3.55. The van der Waals surface area contributed by atoms with Crippen molar-refractivity contribution in [3.05, 3.63) is 0 Å². The maximum atomic E-state index is 11.3. The normalized spacial score (nSPS) is 10.8. The number of ether oxygens (including phenoxy) is 2.